The van der Waals surface area contributed by atoms with Crippen LogP contribution in [0.3, 0.4) is 0 Å². The van der Waals surface area contributed by atoms with Crippen molar-refractivity contribution >= 4 is 11.9 Å². The monoisotopic (exact) mass is 250 g/mol. The first-order chi connectivity index (χ1) is 8.40. The van der Waals surface area contributed by atoms with Gasteiger partial charge in [-0.15, -0.1) is 0 Å². The molecule has 0 aliphatic rings. The minimum atomic E-state index is -0.886. The van der Waals surface area contributed by atoms with Crippen molar-refractivity contribution in [2.45, 2.75) is 39.9 Å². The second-order valence-electron chi connectivity index (χ2n) is 4.29. The van der Waals surface area contributed by atoms with E-state index < -0.39 is 18.2 Å². The Kier molecular flexibility index (Phi) is 4.89. The molecule has 1 atom stereocenters. The fraction of sp³-hybridized carbons (Fsp3) is 0.429. The van der Waals surface area contributed by atoms with Gasteiger partial charge in [-0.1, -0.05) is 36.8 Å². The summed E-state index contributed by atoms with van der Waals surface area (Å²) in [6.45, 7) is 6.42. The number of aryl methyl sites for hydroxylation is 1. The molecule has 0 bridgehead atoms. The summed E-state index contributed by atoms with van der Waals surface area (Å²) in [7, 11) is 0. The molecule has 4 heteroatoms. The Balaban J connectivity index is 2.86. The SMILES string of the molecule is CC(=O)OC(OC(C)=O)[C@H](C)c1ccc(C)cc1. The van der Waals surface area contributed by atoms with E-state index in [-0.39, 0.29) is 5.92 Å². The lowest BCUT2D eigenvalue weighted by Gasteiger charge is -2.23. The molecule has 0 aromatic heterocycles. The van der Waals surface area contributed by atoms with Crippen molar-refractivity contribution in [1.82, 2.24) is 0 Å². The maximum atomic E-state index is 11.0. The summed E-state index contributed by atoms with van der Waals surface area (Å²) in [5.41, 5.74) is 2.09. The smallest absolute Gasteiger partial charge is 0.305 e. The number of hydrogen-bond acceptors (Lipinski definition) is 4. The van der Waals surface area contributed by atoms with Gasteiger partial charge in [0.25, 0.3) is 6.29 Å². The van der Waals surface area contributed by atoms with Crippen molar-refractivity contribution < 1.29 is 19.1 Å². The van der Waals surface area contributed by atoms with Gasteiger partial charge in [0.05, 0.1) is 5.92 Å². The van der Waals surface area contributed by atoms with Gasteiger partial charge in [0, 0.05) is 13.8 Å². The van der Waals surface area contributed by atoms with Crippen molar-refractivity contribution in [2.75, 3.05) is 0 Å². The molecule has 0 saturated carbocycles. The van der Waals surface area contributed by atoms with E-state index in [0.29, 0.717) is 0 Å². The highest BCUT2D eigenvalue weighted by molar-refractivity contribution is 5.68. The lowest BCUT2D eigenvalue weighted by molar-refractivity contribution is -0.188. The first-order valence-electron chi connectivity index (χ1n) is 5.81. The molecule has 0 amide bonds. The number of esters is 2. The summed E-state index contributed by atoms with van der Waals surface area (Å²) in [6.07, 6.45) is -0.886. The molecule has 0 heterocycles. The Bertz CT molecular complexity index is 406. The molecule has 4 nitrogen and oxygen atoms in total. The number of benzene rings is 1. The highest BCUT2D eigenvalue weighted by Crippen LogP contribution is 2.23. The molecule has 0 saturated heterocycles. The fourth-order valence-corrected chi connectivity index (χ4v) is 1.58. The molecule has 0 aliphatic heterocycles. The number of carbonyl (C=O) groups is 2. The average molecular weight is 250 g/mol. The van der Waals surface area contributed by atoms with E-state index in [0.717, 1.165) is 11.1 Å². The van der Waals surface area contributed by atoms with Crippen molar-refractivity contribution in [1.29, 1.82) is 0 Å². The summed E-state index contributed by atoms with van der Waals surface area (Å²) in [6, 6.07) is 7.79. The Morgan fingerprint density at radius 1 is 1.00 bits per heavy atom. The number of ether oxygens (including phenoxy) is 2. The maximum Gasteiger partial charge on any atom is 0.305 e. The van der Waals surface area contributed by atoms with Crippen LogP contribution >= 0.6 is 0 Å². The van der Waals surface area contributed by atoms with E-state index in [9.17, 15) is 9.59 Å². The van der Waals surface area contributed by atoms with Gasteiger partial charge < -0.3 is 9.47 Å². The summed E-state index contributed by atoms with van der Waals surface area (Å²) >= 11 is 0. The molecular weight excluding hydrogens is 232 g/mol. The normalized spacial score (nSPS) is 12.1. The minimum Gasteiger partial charge on any atom is -0.425 e. The molecule has 1 aromatic carbocycles. The number of rotatable bonds is 4. The third-order valence-corrected chi connectivity index (χ3v) is 2.58. The van der Waals surface area contributed by atoms with Gasteiger partial charge in [0.1, 0.15) is 0 Å². The molecular formula is C14H18O4. The fourth-order valence-electron chi connectivity index (χ4n) is 1.58. The third-order valence-electron chi connectivity index (χ3n) is 2.58. The molecule has 18 heavy (non-hydrogen) atoms. The molecule has 0 radical (unpaired) electrons. The molecule has 1 aromatic rings. The van der Waals surface area contributed by atoms with Crippen LogP contribution in [-0.4, -0.2) is 18.2 Å². The van der Waals surface area contributed by atoms with Gasteiger partial charge in [-0.3, -0.25) is 9.59 Å². The molecule has 0 aliphatic carbocycles. The Morgan fingerprint density at radius 2 is 1.44 bits per heavy atom. The average Bonchev–Trinajstić information content (AvgIpc) is 2.27. The van der Waals surface area contributed by atoms with Crippen LogP contribution in [0.15, 0.2) is 24.3 Å². The van der Waals surface area contributed by atoms with Gasteiger partial charge in [-0.2, -0.15) is 0 Å². The van der Waals surface area contributed by atoms with Crippen molar-refractivity contribution in [2.24, 2.45) is 0 Å². The van der Waals surface area contributed by atoms with Crippen LogP contribution in [0.2, 0.25) is 0 Å². The second kappa shape index (κ2) is 6.19. The van der Waals surface area contributed by atoms with Gasteiger partial charge >= 0.3 is 11.9 Å². The largest absolute Gasteiger partial charge is 0.425 e. The van der Waals surface area contributed by atoms with Crippen LogP contribution in [0.5, 0.6) is 0 Å². The Hall–Kier alpha value is -1.84. The molecule has 0 spiro atoms. The molecule has 0 fully saturated rings. The summed E-state index contributed by atoms with van der Waals surface area (Å²) in [5.74, 6) is -1.15. The van der Waals surface area contributed by atoms with E-state index in [1.807, 2.05) is 38.1 Å². The van der Waals surface area contributed by atoms with Crippen molar-refractivity contribution in [3.63, 3.8) is 0 Å². The van der Waals surface area contributed by atoms with Gasteiger partial charge in [-0.25, -0.2) is 0 Å². The van der Waals surface area contributed by atoms with E-state index >= 15 is 0 Å². The summed E-state index contributed by atoms with van der Waals surface area (Å²) in [5, 5.41) is 0. The molecule has 1 rings (SSSR count). The molecule has 0 N–H and O–H groups in total. The van der Waals surface area contributed by atoms with Crippen molar-refractivity contribution in [3.8, 4) is 0 Å². The van der Waals surface area contributed by atoms with Crippen molar-refractivity contribution in [3.05, 3.63) is 35.4 Å². The standard InChI is InChI=1S/C14H18O4/c1-9-5-7-13(8-6-9)10(2)14(17-11(3)15)18-12(4)16/h5-8,10,14H,1-4H3/t10-/m1/s1. The van der Waals surface area contributed by atoms with Crippen LogP contribution in [0, 0.1) is 6.92 Å². The van der Waals surface area contributed by atoms with E-state index in [4.69, 9.17) is 9.47 Å². The summed E-state index contributed by atoms with van der Waals surface area (Å²) < 4.78 is 10.1. The highest BCUT2D eigenvalue weighted by atomic mass is 16.7. The minimum absolute atomic E-state index is 0.210. The van der Waals surface area contributed by atoms with E-state index in [1.54, 1.807) is 0 Å². The predicted octanol–water partition coefficient (Wildman–Crippen LogP) is 2.55. The molecule has 98 valence electrons. The van der Waals surface area contributed by atoms with Crippen LogP contribution in [-0.2, 0) is 19.1 Å². The summed E-state index contributed by atoms with van der Waals surface area (Å²) in [4.78, 5) is 22.0. The first kappa shape index (κ1) is 14.2. The molecule has 0 unspecified atom stereocenters. The van der Waals surface area contributed by atoms with Crippen LogP contribution < -0.4 is 0 Å². The number of carbonyl (C=O) groups excluding carboxylic acids is 2. The maximum absolute atomic E-state index is 11.0. The third kappa shape index (κ3) is 4.20. The van der Waals surface area contributed by atoms with E-state index in [1.165, 1.54) is 13.8 Å². The highest BCUT2D eigenvalue weighted by Gasteiger charge is 2.24. The Labute approximate surface area is 107 Å². The van der Waals surface area contributed by atoms with Gasteiger partial charge in [0.15, 0.2) is 0 Å². The topological polar surface area (TPSA) is 52.6 Å². The predicted molar refractivity (Wildman–Crippen MR) is 66.9 cm³/mol. The lowest BCUT2D eigenvalue weighted by atomic mass is 9.99. The zero-order chi connectivity index (χ0) is 13.7. The van der Waals surface area contributed by atoms with Gasteiger partial charge in [-0.05, 0) is 12.5 Å². The van der Waals surface area contributed by atoms with Crippen LogP contribution in [0.25, 0.3) is 0 Å². The lowest BCUT2D eigenvalue weighted by Crippen LogP contribution is -2.27. The van der Waals surface area contributed by atoms with Gasteiger partial charge in [0.2, 0.25) is 0 Å². The van der Waals surface area contributed by atoms with Crippen LogP contribution in [0.1, 0.15) is 37.8 Å². The second-order valence-corrected chi connectivity index (χ2v) is 4.29. The quantitative estimate of drug-likeness (QED) is 0.608. The first-order valence-corrected chi connectivity index (χ1v) is 5.81. The zero-order valence-electron chi connectivity index (χ0n) is 11.1. The van der Waals surface area contributed by atoms with E-state index in [2.05, 4.69) is 0 Å². The zero-order valence-corrected chi connectivity index (χ0v) is 11.1. The number of hydrogen-bond donors (Lipinski definition) is 0. The van der Waals surface area contributed by atoms with Crippen LogP contribution in [0.4, 0.5) is 0 Å². The Morgan fingerprint density at radius 3 is 1.83 bits per heavy atom.